The van der Waals surface area contributed by atoms with Gasteiger partial charge in [-0.3, -0.25) is 0 Å². The van der Waals surface area contributed by atoms with E-state index in [4.69, 9.17) is 0 Å². The quantitative estimate of drug-likeness (QED) is 0.263. The summed E-state index contributed by atoms with van der Waals surface area (Å²) in [6, 6.07) is 17.2. The Morgan fingerprint density at radius 3 is 1.42 bits per heavy atom. The molecule has 0 N–H and O–H groups in total. The highest BCUT2D eigenvalue weighted by molar-refractivity contribution is 14.1. The Hall–Kier alpha value is -1.09. The van der Waals surface area contributed by atoms with Crippen molar-refractivity contribution in [1.29, 1.82) is 0 Å². The molecule has 0 amide bonds. The molecule has 0 aliphatic heterocycles. The molecular weight excluding hydrogens is 487 g/mol. The third-order valence-electron chi connectivity index (χ3n) is 5.09. The van der Waals surface area contributed by atoms with Crippen LogP contribution in [0.15, 0.2) is 54.1 Å². The first-order valence-corrected chi connectivity index (χ1v) is 14.1. The van der Waals surface area contributed by atoms with Gasteiger partial charge in [0.25, 0.3) is 0 Å². The number of allylic oxidation sites excluding steroid dienone is 2. The van der Waals surface area contributed by atoms with Crippen molar-refractivity contribution in [2.45, 2.75) is 101 Å². The maximum atomic E-state index is 2.36. The van der Waals surface area contributed by atoms with Gasteiger partial charge < -0.3 is 0 Å². The van der Waals surface area contributed by atoms with Gasteiger partial charge in [0.2, 0.25) is 0 Å². The van der Waals surface area contributed by atoms with Gasteiger partial charge in [0.05, 0.1) is 0 Å². The second-order valence-electron chi connectivity index (χ2n) is 7.32. The molecule has 0 nitrogen and oxygen atoms in total. The lowest BCUT2D eigenvalue weighted by Gasteiger charge is -2.11. The van der Waals surface area contributed by atoms with Crippen molar-refractivity contribution in [3.8, 4) is 0 Å². The minimum Gasteiger partial charge on any atom is -0.0901 e. The van der Waals surface area contributed by atoms with E-state index < -0.39 is 0 Å². The molecule has 0 aromatic heterocycles. The van der Waals surface area contributed by atoms with E-state index in [0.717, 1.165) is 0 Å². The first kappa shape index (κ1) is 34.5. The van der Waals surface area contributed by atoms with Crippen molar-refractivity contribution in [2.75, 3.05) is 4.93 Å². The Morgan fingerprint density at radius 1 is 0.677 bits per heavy atom. The van der Waals surface area contributed by atoms with Gasteiger partial charge >= 0.3 is 0 Å². The van der Waals surface area contributed by atoms with Gasteiger partial charge in [-0.05, 0) is 85.6 Å². The SMILES string of the molecule is CC.CC.CC.CC(C)=C(C)c1ccccc1C.CI.Cc1ccccc1C1(C)CC1. The number of rotatable bonds is 2. The monoisotopic (exact) mass is 538 g/mol. The summed E-state index contributed by atoms with van der Waals surface area (Å²) in [7, 11) is 0. The van der Waals surface area contributed by atoms with E-state index in [1.165, 1.54) is 40.7 Å². The molecule has 1 saturated carbocycles. The highest BCUT2D eigenvalue weighted by atomic mass is 127. The summed E-state index contributed by atoms with van der Waals surface area (Å²) >= 11 is 2.15. The molecule has 3 rings (SSSR count). The van der Waals surface area contributed by atoms with E-state index in [-0.39, 0.29) is 0 Å². The van der Waals surface area contributed by atoms with E-state index in [2.05, 4.69) is 113 Å². The third-order valence-corrected chi connectivity index (χ3v) is 5.09. The van der Waals surface area contributed by atoms with Gasteiger partial charge in [0.1, 0.15) is 0 Å². The van der Waals surface area contributed by atoms with Crippen LogP contribution in [-0.4, -0.2) is 4.93 Å². The predicted octanol–water partition coefficient (Wildman–Crippen LogP) is 11.0. The highest BCUT2D eigenvalue weighted by Gasteiger charge is 2.39. The minimum absolute atomic E-state index is 0.533. The Labute approximate surface area is 210 Å². The van der Waals surface area contributed by atoms with Crippen LogP contribution < -0.4 is 0 Å². The molecule has 1 aliphatic carbocycles. The first-order chi connectivity index (χ1) is 14.8. The fourth-order valence-electron chi connectivity index (χ4n) is 2.97. The van der Waals surface area contributed by atoms with Crippen LogP contribution in [0.3, 0.4) is 0 Å². The molecule has 2 aromatic rings. The molecule has 0 heterocycles. The van der Waals surface area contributed by atoms with Gasteiger partial charge in [-0.1, -0.05) is 125 Å². The first-order valence-electron chi connectivity index (χ1n) is 12.0. The third kappa shape index (κ3) is 13.1. The average Bonchev–Trinajstić information content (AvgIpc) is 3.58. The summed E-state index contributed by atoms with van der Waals surface area (Å²) in [6.45, 7) is 25.2. The highest BCUT2D eigenvalue weighted by Crippen LogP contribution is 2.48. The van der Waals surface area contributed by atoms with Gasteiger partial charge in [-0.25, -0.2) is 0 Å². The molecule has 0 spiro atoms. The maximum Gasteiger partial charge on any atom is -0.00720 e. The van der Waals surface area contributed by atoms with Crippen molar-refractivity contribution in [3.05, 3.63) is 76.4 Å². The lowest BCUT2D eigenvalue weighted by molar-refractivity contribution is 0.779. The fraction of sp³-hybridized carbons (Fsp3) is 0.533. The Balaban J connectivity index is -0.000000383. The van der Waals surface area contributed by atoms with Crippen molar-refractivity contribution in [2.24, 2.45) is 0 Å². The molecule has 0 radical (unpaired) electrons. The molecule has 0 atom stereocenters. The number of halogens is 1. The fourth-order valence-corrected chi connectivity index (χ4v) is 2.97. The molecular formula is C30H51I. The average molecular weight is 539 g/mol. The molecule has 1 heteroatoms. The number of aryl methyl sites for hydroxylation is 2. The smallest absolute Gasteiger partial charge is 0.00720 e. The van der Waals surface area contributed by atoms with Crippen LogP contribution in [0.1, 0.15) is 104 Å². The van der Waals surface area contributed by atoms with Crippen LogP contribution >= 0.6 is 22.6 Å². The second-order valence-corrected chi connectivity index (χ2v) is 7.32. The molecule has 0 unspecified atom stereocenters. The Morgan fingerprint density at radius 2 is 1.06 bits per heavy atom. The zero-order chi connectivity index (χ0) is 25.0. The summed E-state index contributed by atoms with van der Waals surface area (Å²) in [6.07, 6.45) is 2.75. The summed E-state index contributed by atoms with van der Waals surface area (Å²) in [5.41, 5.74) is 9.06. The van der Waals surface area contributed by atoms with Crippen molar-refractivity contribution in [3.63, 3.8) is 0 Å². The standard InChI is InChI=1S/C12H16.C11H14.3C2H6.CH3I/c1-9(2)11(4)12-8-6-5-7-10(12)3;1-9-5-3-4-6-10(9)11(2)7-8-11;4*1-2/h5-8H,1-4H3;3-6H,7-8H2,1-2H3;3*1-2H3;1H3. The molecule has 0 saturated heterocycles. The van der Waals surface area contributed by atoms with Gasteiger partial charge in [-0.2, -0.15) is 0 Å². The lowest BCUT2D eigenvalue weighted by Crippen LogP contribution is -2.01. The van der Waals surface area contributed by atoms with Crippen LogP contribution in [-0.2, 0) is 5.41 Å². The van der Waals surface area contributed by atoms with E-state index in [9.17, 15) is 0 Å². The molecule has 178 valence electrons. The van der Waals surface area contributed by atoms with Gasteiger partial charge in [0.15, 0.2) is 0 Å². The number of hydrogen-bond acceptors (Lipinski definition) is 0. The van der Waals surface area contributed by atoms with Gasteiger partial charge in [0, 0.05) is 0 Å². The van der Waals surface area contributed by atoms with Crippen LogP contribution in [0.4, 0.5) is 0 Å². The molecule has 2 aromatic carbocycles. The topological polar surface area (TPSA) is 0 Å². The van der Waals surface area contributed by atoms with Crippen LogP contribution in [0.25, 0.3) is 5.57 Å². The van der Waals surface area contributed by atoms with Crippen LogP contribution in [0.5, 0.6) is 0 Å². The molecule has 0 bridgehead atoms. The predicted molar refractivity (Wildman–Crippen MR) is 157 cm³/mol. The van der Waals surface area contributed by atoms with Crippen molar-refractivity contribution in [1.82, 2.24) is 0 Å². The van der Waals surface area contributed by atoms with Crippen LogP contribution in [0, 0.1) is 13.8 Å². The number of hydrogen-bond donors (Lipinski definition) is 0. The van der Waals surface area contributed by atoms with Crippen molar-refractivity contribution < 1.29 is 0 Å². The normalized spacial score (nSPS) is 11.5. The van der Waals surface area contributed by atoms with E-state index in [1.54, 1.807) is 5.56 Å². The van der Waals surface area contributed by atoms with E-state index >= 15 is 0 Å². The van der Waals surface area contributed by atoms with Crippen molar-refractivity contribution >= 4 is 28.2 Å². The maximum absolute atomic E-state index is 2.36. The Kier molecular flexibility index (Phi) is 23.2. The Bertz CT molecular complexity index is 702. The minimum atomic E-state index is 0.533. The van der Waals surface area contributed by atoms with Crippen LogP contribution in [0.2, 0.25) is 0 Å². The molecule has 1 aliphatic rings. The molecule has 31 heavy (non-hydrogen) atoms. The molecule has 1 fully saturated rings. The summed E-state index contributed by atoms with van der Waals surface area (Å²) < 4.78 is 0. The van der Waals surface area contributed by atoms with Gasteiger partial charge in [-0.15, -0.1) is 0 Å². The second kappa shape index (κ2) is 20.8. The number of benzene rings is 2. The zero-order valence-electron chi connectivity index (χ0n) is 22.9. The van der Waals surface area contributed by atoms with E-state index in [0.29, 0.717) is 5.41 Å². The van der Waals surface area contributed by atoms with E-state index in [1.807, 2.05) is 46.5 Å². The number of alkyl halides is 1. The summed E-state index contributed by atoms with van der Waals surface area (Å²) in [4.78, 5) is 1.97. The zero-order valence-corrected chi connectivity index (χ0v) is 25.1. The largest absolute Gasteiger partial charge is 0.0901 e. The summed E-state index contributed by atoms with van der Waals surface area (Å²) in [5, 5.41) is 0. The summed E-state index contributed by atoms with van der Waals surface area (Å²) in [5.74, 6) is 0. The lowest BCUT2D eigenvalue weighted by atomic mass is 9.94.